The molecule has 27 heavy (non-hydrogen) atoms. The molecule has 2 aromatic carbocycles. The summed E-state index contributed by atoms with van der Waals surface area (Å²) in [5, 5.41) is 10.5. The van der Waals surface area contributed by atoms with Crippen LogP contribution in [0, 0.1) is 12.7 Å². The molecule has 0 saturated carbocycles. The summed E-state index contributed by atoms with van der Waals surface area (Å²) in [6.07, 6.45) is 0. The van der Waals surface area contributed by atoms with Gasteiger partial charge in [-0.05, 0) is 48.9 Å². The number of aromatic nitrogens is 3. The molecule has 140 valence electrons. The maximum absolute atomic E-state index is 13.2. The third-order valence-electron chi connectivity index (χ3n) is 3.99. The molecule has 0 aliphatic rings. The average molecular weight is 434 g/mol. The predicted octanol–water partition coefficient (Wildman–Crippen LogP) is 3.38. The molecule has 0 bridgehead atoms. The Balaban J connectivity index is 1.83. The Hall–Kier alpha value is -2.94. The first-order valence-corrected chi connectivity index (χ1v) is 8.77. The average Bonchev–Trinajstić information content (AvgIpc) is 2.98. The third-order valence-corrected chi connectivity index (χ3v) is 4.48. The highest BCUT2D eigenvalue weighted by atomic mass is 79.9. The SMILES string of the molecule is COc1ccc(Br)cc1Cn1nnc(C(=O)Nc2ccc(F)cc2C)c1N. The van der Waals surface area contributed by atoms with Crippen molar-refractivity contribution in [3.8, 4) is 5.75 Å². The molecule has 0 spiro atoms. The number of amides is 1. The van der Waals surface area contributed by atoms with Crippen LogP contribution in [0.1, 0.15) is 21.6 Å². The summed E-state index contributed by atoms with van der Waals surface area (Å²) < 4.78 is 20.8. The fraction of sp³-hybridized carbons (Fsp3) is 0.167. The van der Waals surface area contributed by atoms with Crippen LogP contribution in [0.5, 0.6) is 5.75 Å². The molecular weight excluding hydrogens is 417 g/mol. The lowest BCUT2D eigenvalue weighted by atomic mass is 10.2. The lowest BCUT2D eigenvalue weighted by Crippen LogP contribution is -2.16. The molecule has 0 unspecified atom stereocenters. The normalized spacial score (nSPS) is 10.7. The van der Waals surface area contributed by atoms with Gasteiger partial charge >= 0.3 is 0 Å². The minimum atomic E-state index is -0.519. The minimum absolute atomic E-state index is 0.00677. The summed E-state index contributed by atoms with van der Waals surface area (Å²) in [6, 6.07) is 9.63. The van der Waals surface area contributed by atoms with Gasteiger partial charge < -0.3 is 15.8 Å². The van der Waals surface area contributed by atoms with Crippen molar-refractivity contribution in [2.24, 2.45) is 0 Å². The first kappa shape index (κ1) is 18.8. The van der Waals surface area contributed by atoms with Gasteiger partial charge in [0.1, 0.15) is 11.6 Å². The van der Waals surface area contributed by atoms with E-state index in [-0.39, 0.29) is 23.9 Å². The molecule has 3 rings (SSSR count). The molecule has 1 amide bonds. The molecule has 0 fully saturated rings. The largest absolute Gasteiger partial charge is 0.496 e. The number of nitrogens with two attached hydrogens (primary N) is 1. The number of benzene rings is 2. The molecule has 3 N–H and O–H groups in total. The predicted molar refractivity (Wildman–Crippen MR) is 103 cm³/mol. The van der Waals surface area contributed by atoms with Crippen molar-refractivity contribution in [1.82, 2.24) is 15.0 Å². The highest BCUT2D eigenvalue weighted by Gasteiger charge is 2.19. The van der Waals surface area contributed by atoms with E-state index in [0.29, 0.717) is 17.0 Å². The maximum atomic E-state index is 13.2. The van der Waals surface area contributed by atoms with Gasteiger partial charge in [0.15, 0.2) is 11.5 Å². The van der Waals surface area contributed by atoms with Crippen LogP contribution < -0.4 is 15.8 Å². The number of carbonyl (C=O) groups is 1. The second kappa shape index (κ2) is 7.75. The van der Waals surface area contributed by atoms with Crippen LogP contribution in [0.4, 0.5) is 15.9 Å². The third kappa shape index (κ3) is 4.08. The lowest BCUT2D eigenvalue weighted by molar-refractivity contribution is 0.102. The fourth-order valence-corrected chi connectivity index (χ4v) is 2.99. The monoisotopic (exact) mass is 433 g/mol. The van der Waals surface area contributed by atoms with Gasteiger partial charge in [0.2, 0.25) is 0 Å². The van der Waals surface area contributed by atoms with Gasteiger partial charge in [0.25, 0.3) is 5.91 Å². The van der Waals surface area contributed by atoms with Crippen LogP contribution in [0.15, 0.2) is 40.9 Å². The maximum Gasteiger partial charge on any atom is 0.280 e. The molecule has 1 aromatic heterocycles. The number of carbonyl (C=O) groups excluding carboxylic acids is 1. The van der Waals surface area contributed by atoms with Crippen molar-refractivity contribution >= 4 is 33.3 Å². The smallest absolute Gasteiger partial charge is 0.280 e. The van der Waals surface area contributed by atoms with Gasteiger partial charge in [-0.3, -0.25) is 4.79 Å². The van der Waals surface area contributed by atoms with Crippen LogP contribution in [-0.4, -0.2) is 28.0 Å². The number of aryl methyl sites for hydroxylation is 1. The van der Waals surface area contributed by atoms with E-state index in [4.69, 9.17) is 10.5 Å². The van der Waals surface area contributed by atoms with Crippen LogP contribution in [-0.2, 0) is 6.54 Å². The van der Waals surface area contributed by atoms with E-state index in [1.165, 1.54) is 22.9 Å². The first-order chi connectivity index (χ1) is 12.9. The van der Waals surface area contributed by atoms with Crippen LogP contribution in [0.25, 0.3) is 0 Å². The number of ether oxygens (including phenoxy) is 1. The Bertz CT molecular complexity index is 1010. The molecule has 7 nitrogen and oxygen atoms in total. The number of nitrogens with one attached hydrogen (secondary N) is 1. The summed E-state index contributed by atoms with van der Waals surface area (Å²) in [5.74, 6) is -0.107. The van der Waals surface area contributed by atoms with Crippen LogP contribution >= 0.6 is 15.9 Å². The molecule has 1 heterocycles. The molecule has 9 heteroatoms. The van der Waals surface area contributed by atoms with Crippen LogP contribution in [0.2, 0.25) is 0 Å². The zero-order chi connectivity index (χ0) is 19.6. The number of nitrogens with zero attached hydrogens (tertiary/aromatic N) is 3. The van der Waals surface area contributed by atoms with Gasteiger partial charge in [-0.1, -0.05) is 21.1 Å². The molecular formula is C18H17BrFN5O2. The van der Waals surface area contributed by atoms with Crippen molar-refractivity contribution in [2.75, 3.05) is 18.2 Å². The molecule has 0 saturated heterocycles. The lowest BCUT2D eigenvalue weighted by Gasteiger charge is -2.10. The summed E-state index contributed by atoms with van der Waals surface area (Å²) in [7, 11) is 1.57. The van der Waals surface area contributed by atoms with Gasteiger partial charge in [0.05, 0.1) is 13.7 Å². The zero-order valence-corrected chi connectivity index (χ0v) is 16.2. The minimum Gasteiger partial charge on any atom is -0.496 e. The van der Waals surface area contributed by atoms with Crippen LogP contribution in [0.3, 0.4) is 0 Å². The van der Waals surface area contributed by atoms with Gasteiger partial charge in [-0.15, -0.1) is 5.10 Å². The van der Waals surface area contributed by atoms with E-state index < -0.39 is 5.91 Å². The topological polar surface area (TPSA) is 95.1 Å². The number of nitrogen functional groups attached to an aromatic ring is 1. The standard InChI is InChI=1S/C18H17BrFN5O2/c1-10-7-13(20)4-5-14(10)22-18(26)16-17(21)25(24-23-16)9-11-8-12(19)3-6-15(11)27-2/h3-8H,9,21H2,1-2H3,(H,22,26). The Kier molecular flexibility index (Phi) is 5.41. The van der Waals surface area contributed by atoms with Crippen molar-refractivity contribution in [3.05, 3.63) is 63.5 Å². The van der Waals surface area contributed by atoms with Crippen molar-refractivity contribution < 1.29 is 13.9 Å². The number of rotatable bonds is 5. The summed E-state index contributed by atoms with van der Waals surface area (Å²) in [4.78, 5) is 12.5. The first-order valence-electron chi connectivity index (χ1n) is 7.98. The quantitative estimate of drug-likeness (QED) is 0.642. The fourth-order valence-electron chi connectivity index (χ4n) is 2.58. The number of anilines is 2. The van der Waals surface area contributed by atoms with Gasteiger partial charge in [-0.25, -0.2) is 9.07 Å². The summed E-state index contributed by atoms with van der Waals surface area (Å²) in [5.41, 5.74) is 7.95. The van der Waals surface area contributed by atoms with Crippen molar-refractivity contribution in [1.29, 1.82) is 0 Å². The van der Waals surface area contributed by atoms with E-state index >= 15 is 0 Å². The van der Waals surface area contributed by atoms with Crippen molar-refractivity contribution in [3.63, 3.8) is 0 Å². The molecule has 0 aliphatic heterocycles. The zero-order valence-electron chi connectivity index (χ0n) is 14.7. The van der Waals surface area contributed by atoms with E-state index in [9.17, 15) is 9.18 Å². The van der Waals surface area contributed by atoms with E-state index in [1.807, 2.05) is 18.2 Å². The second-order valence-electron chi connectivity index (χ2n) is 5.85. The number of hydrogen-bond acceptors (Lipinski definition) is 5. The Labute approximate surface area is 163 Å². The molecule has 0 atom stereocenters. The second-order valence-corrected chi connectivity index (χ2v) is 6.77. The Morgan fingerprint density at radius 2 is 2.11 bits per heavy atom. The van der Waals surface area contributed by atoms with E-state index in [0.717, 1.165) is 10.0 Å². The highest BCUT2D eigenvalue weighted by Crippen LogP contribution is 2.25. The number of halogens is 2. The number of methoxy groups -OCH3 is 1. The van der Waals surface area contributed by atoms with Gasteiger partial charge in [-0.2, -0.15) is 0 Å². The molecule has 0 aliphatic carbocycles. The highest BCUT2D eigenvalue weighted by molar-refractivity contribution is 9.10. The Morgan fingerprint density at radius 1 is 1.33 bits per heavy atom. The summed E-state index contributed by atoms with van der Waals surface area (Å²) >= 11 is 3.41. The molecule has 0 radical (unpaired) electrons. The number of hydrogen-bond donors (Lipinski definition) is 2. The Morgan fingerprint density at radius 3 is 2.81 bits per heavy atom. The molecule has 3 aromatic rings. The van der Waals surface area contributed by atoms with Gasteiger partial charge in [0, 0.05) is 15.7 Å². The van der Waals surface area contributed by atoms with E-state index in [2.05, 4.69) is 31.6 Å². The van der Waals surface area contributed by atoms with E-state index in [1.54, 1.807) is 14.0 Å². The van der Waals surface area contributed by atoms with Crippen molar-refractivity contribution in [2.45, 2.75) is 13.5 Å². The summed E-state index contributed by atoms with van der Waals surface area (Å²) in [6.45, 7) is 1.97.